The van der Waals surface area contributed by atoms with Gasteiger partial charge in [-0.1, -0.05) is 24.3 Å². The summed E-state index contributed by atoms with van der Waals surface area (Å²) in [4.78, 5) is 10.9. The normalized spacial score (nSPS) is 19.6. The lowest BCUT2D eigenvalue weighted by Crippen LogP contribution is -2.42. The predicted molar refractivity (Wildman–Crippen MR) is 57.7 cm³/mol. The summed E-state index contributed by atoms with van der Waals surface area (Å²) < 4.78 is 0. The fourth-order valence-corrected chi connectivity index (χ4v) is 2.25. The molecular weight excluding hydrogens is 190 g/mol. The molecule has 0 heterocycles. The molecule has 3 nitrogen and oxygen atoms in total. The van der Waals surface area contributed by atoms with Gasteiger partial charge >= 0.3 is 5.97 Å². The molecule has 15 heavy (non-hydrogen) atoms. The van der Waals surface area contributed by atoms with E-state index in [0.717, 1.165) is 24.0 Å². The molecule has 1 unspecified atom stereocenters. The zero-order chi connectivity index (χ0) is 11.1. The second kappa shape index (κ2) is 3.35. The van der Waals surface area contributed by atoms with Gasteiger partial charge in [0.2, 0.25) is 0 Å². The third-order valence-corrected chi connectivity index (χ3v) is 3.33. The maximum atomic E-state index is 10.9. The summed E-state index contributed by atoms with van der Waals surface area (Å²) in [5, 5.41) is 8.98. The van der Waals surface area contributed by atoms with Crippen molar-refractivity contribution in [3.8, 4) is 0 Å². The first-order valence-corrected chi connectivity index (χ1v) is 5.12. The molecule has 3 N–H and O–H groups in total. The van der Waals surface area contributed by atoms with Gasteiger partial charge in [-0.25, -0.2) is 0 Å². The molecule has 0 aliphatic heterocycles. The molecule has 2 rings (SSSR count). The van der Waals surface area contributed by atoms with E-state index < -0.39 is 12.0 Å². The van der Waals surface area contributed by atoms with Crippen LogP contribution in [0.25, 0.3) is 0 Å². The monoisotopic (exact) mass is 205 g/mol. The number of carbonyl (C=O) groups is 1. The first-order valence-electron chi connectivity index (χ1n) is 5.12. The van der Waals surface area contributed by atoms with Crippen molar-refractivity contribution in [1.29, 1.82) is 0 Å². The lowest BCUT2D eigenvalue weighted by Gasteiger charge is -2.21. The van der Waals surface area contributed by atoms with Crippen molar-refractivity contribution in [3.63, 3.8) is 0 Å². The van der Waals surface area contributed by atoms with Crippen LogP contribution in [0.2, 0.25) is 0 Å². The van der Waals surface area contributed by atoms with E-state index in [9.17, 15) is 4.79 Å². The van der Waals surface area contributed by atoms with E-state index in [2.05, 4.69) is 0 Å². The highest BCUT2D eigenvalue weighted by Gasteiger charge is 2.52. The fraction of sp³-hybridized carbons (Fsp3) is 0.417. The number of rotatable bonds is 3. The highest BCUT2D eigenvalue weighted by Crippen LogP contribution is 2.51. The fourth-order valence-electron chi connectivity index (χ4n) is 2.25. The number of benzene rings is 1. The van der Waals surface area contributed by atoms with Gasteiger partial charge in [-0.15, -0.1) is 0 Å². The van der Waals surface area contributed by atoms with Gasteiger partial charge in [0.05, 0.1) is 0 Å². The van der Waals surface area contributed by atoms with Crippen molar-refractivity contribution in [3.05, 3.63) is 35.4 Å². The average Bonchev–Trinajstić information content (AvgIpc) is 2.98. The summed E-state index contributed by atoms with van der Waals surface area (Å²) in [5.74, 6) is -0.907. The zero-order valence-corrected chi connectivity index (χ0v) is 8.73. The summed E-state index contributed by atoms with van der Waals surface area (Å²) in [7, 11) is 0. The van der Waals surface area contributed by atoms with Crippen molar-refractivity contribution < 1.29 is 9.90 Å². The van der Waals surface area contributed by atoms with Crippen LogP contribution in [-0.4, -0.2) is 17.1 Å². The van der Waals surface area contributed by atoms with Gasteiger partial charge in [0.15, 0.2) is 0 Å². The first kappa shape index (κ1) is 10.2. The Morgan fingerprint density at radius 2 is 2.07 bits per heavy atom. The van der Waals surface area contributed by atoms with E-state index in [1.54, 1.807) is 0 Å². The lowest BCUT2D eigenvalue weighted by molar-refractivity contribution is -0.139. The van der Waals surface area contributed by atoms with Crippen LogP contribution in [0.15, 0.2) is 24.3 Å². The molecule has 0 spiro atoms. The van der Waals surface area contributed by atoms with Crippen molar-refractivity contribution in [2.24, 2.45) is 5.73 Å². The average molecular weight is 205 g/mol. The van der Waals surface area contributed by atoms with Gasteiger partial charge < -0.3 is 10.8 Å². The maximum Gasteiger partial charge on any atom is 0.321 e. The molecule has 0 aromatic heterocycles. The van der Waals surface area contributed by atoms with Gasteiger partial charge in [0.1, 0.15) is 6.04 Å². The summed E-state index contributed by atoms with van der Waals surface area (Å²) in [6.07, 6.45) is 1.76. The van der Waals surface area contributed by atoms with E-state index in [1.807, 2.05) is 31.2 Å². The number of hydrogen-bond acceptors (Lipinski definition) is 2. The van der Waals surface area contributed by atoms with Crippen LogP contribution in [-0.2, 0) is 10.2 Å². The van der Waals surface area contributed by atoms with E-state index in [1.165, 1.54) is 0 Å². The smallest absolute Gasteiger partial charge is 0.321 e. The molecule has 1 saturated carbocycles. The minimum Gasteiger partial charge on any atom is -0.480 e. The molecule has 0 amide bonds. The second-order valence-electron chi connectivity index (χ2n) is 4.29. The van der Waals surface area contributed by atoms with Gasteiger partial charge in [-0.3, -0.25) is 4.79 Å². The Labute approximate surface area is 88.9 Å². The van der Waals surface area contributed by atoms with Crippen LogP contribution in [0.3, 0.4) is 0 Å². The van der Waals surface area contributed by atoms with E-state index in [4.69, 9.17) is 10.8 Å². The molecule has 1 aromatic carbocycles. The molecule has 80 valence electrons. The molecule has 1 atom stereocenters. The molecule has 1 aromatic rings. The van der Waals surface area contributed by atoms with Gasteiger partial charge in [-0.2, -0.15) is 0 Å². The number of hydrogen-bond donors (Lipinski definition) is 2. The molecule has 0 saturated heterocycles. The Morgan fingerprint density at radius 3 is 2.53 bits per heavy atom. The number of nitrogens with two attached hydrogens (primary N) is 1. The predicted octanol–water partition coefficient (Wildman–Crippen LogP) is 1.44. The van der Waals surface area contributed by atoms with Gasteiger partial charge in [0, 0.05) is 5.41 Å². The van der Waals surface area contributed by atoms with Crippen LogP contribution in [0.1, 0.15) is 24.0 Å². The Morgan fingerprint density at radius 1 is 1.47 bits per heavy atom. The molecule has 0 bridgehead atoms. The molecule has 1 aliphatic rings. The summed E-state index contributed by atoms with van der Waals surface area (Å²) in [5.41, 5.74) is 7.68. The third kappa shape index (κ3) is 1.53. The highest BCUT2D eigenvalue weighted by atomic mass is 16.4. The Hall–Kier alpha value is -1.35. The zero-order valence-electron chi connectivity index (χ0n) is 8.73. The number of aliphatic carboxylic acids is 1. The third-order valence-electron chi connectivity index (χ3n) is 3.33. The molecule has 0 radical (unpaired) electrons. The Balaban J connectivity index is 2.39. The molecule has 3 heteroatoms. The van der Waals surface area contributed by atoms with Crippen LogP contribution in [0.5, 0.6) is 0 Å². The van der Waals surface area contributed by atoms with Gasteiger partial charge in [-0.05, 0) is 30.9 Å². The molecular formula is C12H15NO2. The Kier molecular flexibility index (Phi) is 2.27. The summed E-state index contributed by atoms with van der Waals surface area (Å²) >= 11 is 0. The lowest BCUT2D eigenvalue weighted by atomic mass is 9.86. The van der Waals surface area contributed by atoms with E-state index in [-0.39, 0.29) is 5.41 Å². The minimum absolute atomic E-state index is 0.308. The van der Waals surface area contributed by atoms with Crippen LogP contribution in [0, 0.1) is 6.92 Å². The van der Waals surface area contributed by atoms with E-state index in [0.29, 0.717) is 0 Å². The quantitative estimate of drug-likeness (QED) is 0.784. The standard InChI is InChI=1S/C12H15NO2/c1-8-4-2-3-5-9(8)12(6-7-12)10(13)11(14)15/h2-5,10H,6-7,13H2,1H3,(H,14,15). The number of carboxylic acid groups (broad SMARTS) is 1. The summed E-state index contributed by atoms with van der Waals surface area (Å²) in [6, 6.07) is 7.12. The first-order chi connectivity index (χ1) is 7.08. The maximum absolute atomic E-state index is 10.9. The number of aryl methyl sites for hydroxylation is 1. The minimum atomic E-state index is -0.907. The number of carboxylic acids is 1. The van der Waals surface area contributed by atoms with Crippen molar-refractivity contribution >= 4 is 5.97 Å². The molecule has 1 fully saturated rings. The van der Waals surface area contributed by atoms with Crippen LogP contribution in [0.4, 0.5) is 0 Å². The topological polar surface area (TPSA) is 63.3 Å². The van der Waals surface area contributed by atoms with Crippen molar-refractivity contribution in [2.75, 3.05) is 0 Å². The van der Waals surface area contributed by atoms with Crippen molar-refractivity contribution in [2.45, 2.75) is 31.2 Å². The van der Waals surface area contributed by atoms with Crippen LogP contribution >= 0.6 is 0 Å². The van der Waals surface area contributed by atoms with Crippen molar-refractivity contribution in [1.82, 2.24) is 0 Å². The largest absolute Gasteiger partial charge is 0.480 e. The van der Waals surface area contributed by atoms with Gasteiger partial charge in [0.25, 0.3) is 0 Å². The SMILES string of the molecule is Cc1ccccc1C1(C(N)C(=O)O)CC1. The highest BCUT2D eigenvalue weighted by molar-refractivity contribution is 5.77. The summed E-state index contributed by atoms with van der Waals surface area (Å²) in [6.45, 7) is 2.00. The second-order valence-corrected chi connectivity index (χ2v) is 4.29. The molecule has 1 aliphatic carbocycles. The van der Waals surface area contributed by atoms with E-state index >= 15 is 0 Å². The van der Waals surface area contributed by atoms with Crippen LogP contribution < -0.4 is 5.73 Å². The Bertz CT molecular complexity index is 396.